The van der Waals surface area contributed by atoms with E-state index < -0.39 is 5.97 Å². The molecule has 0 spiro atoms. The van der Waals surface area contributed by atoms with Crippen molar-refractivity contribution in [2.75, 3.05) is 7.11 Å². The highest BCUT2D eigenvalue weighted by molar-refractivity contribution is 9.10. The van der Waals surface area contributed by atoms with Crippen LogP contribution in [0.5, 0.6) is 5.75 Å². The lowest BCUT2D eigenvalue weighted by atomic mass is 10.1. The SMILES string of the molecule is C=C(Cc1ccc(OC)c(Br)c1)C(=O)O. The molecule has 0 radical (unpaired) electrons. The predicted octanol–water partition coefficient (Wildman–Crippen LogP) is 2.64. The number of rotatable bonds is 4. The highest BCUT2D eigenvalue weighted by Gasteiger charge is 2.07. The summed E-state index contributed by atoms with van der Waals surface area (Å²) >= 11 is 3.33. The Morgan fingerprint density at radius 3 is 2.73 bits per heavy atom. The maximum Gasteiger partial charge on any atom is 0.331 e. The number of hydrogen-bond donors (Lipinski definition) is 1. The van der Waals surface area contributed by atoms with Crippen LogP contribution in [-0.4, -0.2) is 18.2 Å². The predicted molar refractivity (Wildman–Crippen MR) is 61.2 cm³/mol. The van der Waals surface area contributed by atoms with Gasteiger partial charge in [-0.25, -0.2) is 4.79 Å². The molecule has 0 fully saturated rings. The smallest absolute Gasteiger partial charge is 0.331 e. The van der Waals surface area contributed by atoms with Crippen molar-refractivity contribution < 1.29 is 14.6 Å². The van der Waals surface area contributed by atoms with Crippen LogP contribution in [-0.2, 0) is 11.2 Å². The maximum absolute atomic E-state index is 10.6. The Kier molecular flexibility index (Phi) is 3.91. The summed E-state index contributed by atoms with van der Waals surface area (Å²) in [5.41, 5.74) is 1.06. The molecule has 0 aliphatic rings. The molecular weight excluding hydrogens is 260 g/mol. The van der Waals surface area contributed by atoms with E-state index in [4.69, 9.17) is 9.84 Å². The first-order valence-electron chi connectivity index (χ1n) is 4.28. The van der Waals surface area contributed by atoms with Crippen molar-refractivity contribution in [2.24, 2.45) is 0 Å². The average molecular weight is 271 g/mol. The quantitative estimate of drug-likeness (QED) is 0.856. The Hall–Kier alpha value is -1.29. The second-order valence-electron chi connectivity index (χ2n) is 3.05. The molecule has 1 aromatic rings. The largest absolute Gasteiger partial charge is 0.496 e. The highest BCUT2D eigenvalue weighted by atomic mass is 79.9. The third-order valence-electron chi connectivity index (χ3n) is 1.94. The van der Waals surface area contributed by atoms with Crippen molar-refractivity contribution in [2.45, 2.75) is 6.42 Å². The summed E-state index contributed by atoms with van der Waals surface area (Å²) in [6, 6.07) is 5.43. The van der Waals surface area contributed by atoms with E-state index in [1.807, 2.05) is 12.1 Å². The third kappa shape index (κ3) is 3.09. The second-order valence-corrected chi connectivity index (χ2v) is 3.91. The molecule has 1 rings (SSSR count). The first-order chi connectivity index (χ1) is 7.04. The van der Waals surface area contributed by atoms with Crippen molar-refractivity contribution in [1.82, 2.24) is 0 Å². The standard InChI is InChI=1S/C11H11BrO3/c1-7(11(13)14)5-8-3-4-10(15-2)9(12)6-8/h3-4,6H,1,5H2,2H3,(H,13,14). The van der Waals surface area contributed by atoms with E-state index in [1.165, 1.54) is 0 Å². The van der Waals surface area contributed by atoms with Crippen molar-refractivity contribution in [3.8, 4) is 5.75 Å². The number of carboxylic acid groups (broad SMARTS) is 1. The molecule has 0 aromatic heterocycles. The maximum atomic E-state index is 10.6. The van der Waals surface area contributed by atoms with Gasteiger partial charge in [0, 0.05) is 12.0 Å². The van der Waals surface area contributed by atoms with Crippen molar-refractivity contribution in [3.63, 3.8) is 0 Å². The number of halogens is 1. The molecule has 0 unspecified atom stereocenters. The van der Waals surface area contributed by atoms with E-state index in [0.29, 0.717) is 6.42 Å². The number of ether oxygens (including phenoxy) is 1. The van der Waals surface area contributed by atoms with Crippen molar-refractivity contribution in [3.05, 3.63) is 40.4 Å². The molecule has 3 nitrogen and oxygen atoms in total. The minimum absolute atomic E-state index is 0.173. The summed E-state index contributed by atoms with van der Waals surface area (Å²) in [5, 5.41) is 8.68. The van der Waals surface area contributed by atoms with Crippen LogP contribution in [0.4, 0.5) is 0 Å². The molecule has 15 heavy (non-hydrogen) atoms. The normalized spacial score (nSPS) is 9.73. The van der Waals surface area contributed by atoms with E-state index in [0.717, 1.165) is 15.8 Å². The van der Waals surface area contributed by atoms with Crippen molar-refractivity contribution >= 4 is 21.9 Å². The molecule has 0 aliphatic carbocycles. The van der Waals surface area contributed by atoms with E-state index in [2.05, 4.69) is 22.5 Å². The van der Waals surface area contributed by atoms with Gasteiger partial charge in [0.15, 0.2) is 0 Å². The minimum atomic E-state index is -0.970. The number of hydrogen-bond acceptors (Lipinski definition) is 2. The van der Waals surface area contributed by atoms with Crippen LogP contribution in [0.25, 0.3) is 0 Å². The fourth-order valence-corrected chi connectivity index (χ4v) is 1.73. The van der Waals surface area contributed by atoms with Crippen LogP contribution >= 0.6 is 15.9 Å². The Balaban J connectivity index is 2.84. The summed E-state index contributed by atoms with van der Waals surface area (Å²) in [7, 11) is 1.58. The van der Waals surface area contributed by atoms with Gasteiger partial charge in [0.2, 0.25) is 0 Å². The number of benzene rings is 1. The zero-order valence-electron chi connectivity index (χ0n) is 8.29. The lowest BCUT2D eigenvalue weighted by Gasteiger charge is -2.06. The molecular formula is C11H11BrO3. The van der Waals surface area contributed by atoms with Gasteiger partial charge in [0.1, 0.15) is 5.75 Å². The van der Waals surface area contributed by atoms with Gasteiger partial charge in [-0.05, 0) is 33.6 Å². The number of carboxylic acids is 1. The molecule has 1 aromatic carbocycles. The van der Waals surface area contributed by atoms with Gasteiger partial charge >= 0.3 is 5.97 Å². The van der Waals surface area contributed by atoms with Crippen LogP contribution in [0.15, 0.2) is 34.8 Å². The molecule has 0 aliphatic heterocycles. The second kappa shape index (κ2) is 4.98. The minimum Gasteiger partial charge on any atom is -0.496 e. The number of aliphatic carboxylic acids is 1. The van der Waals surface area contributed by atoms with Gasteiger partial charge in [-0.2, -0.15) is 0 Å². The topological polar surface area (TPSA) is 46.5 Å². The van der Waals surface area contributed by atoms with Crippen LogP contribution in [0.1, 0.15) is 5.56 Å². The van der Waals surface area contributed by atoms with E-state index >= 15 is 0 Å². The Bertz CT molecular complexity index is 399. The molecule has 0 saturated carbocycles. The molecule has 0 atom stereocenters. The van der Waals surface area contributed by atoms with Crippen LogP contribution < -0.4 is 4.74 Å². The first-order valence-corrected chi connectivity index (χ1v) is 5.07. The summed E-state index contributed by atoms with van der Waals surface area (Å²) in [6.07, 6.45) is 0.331. The highest BCUT2D eigenvalue weighted by Crippen LogP contribution is 2.26. The zero-order valence-corrected chi connectivity index (χ0v) is 9.87. The van der Waals surface area contributed by atoms with E-state index in [1.54, 1.807) is 13.2 Å². The van der Waals surface area contributed by atoms with Gasteiger partial charge in [0.05, 0.1) is 11.6 Å². The fourth-order valence-electron chi connectivity index (χ4n) is 1.14. The van der Waals surface area contributed by atoms with Crippen LogP contribution in [0.3, 0.4) is 0 Å². The van der Waals surface area contributed by atoms with E-state index in [-0.39, 0.29) is 5.57 Å². The van der Waals surface area contributed by atoms with Crippen molar-refractivity contribution in [1.29, 1.82) is 0 Å². The van der Waals surface area contributed by atoms with Gasteiger partial charge < -0.3 is 9.84 Å². The van der Waals surface area contributed by atoms with Crippen LogP contribution in [0.2, 0.25) is 0 Å². The monoisotopic (exact) mass is 270 g/mol. The average Bonchev–Trinajstić information content (AvgIpc) is 2.18. The lowest BCUT2D eigenvalue weighted by Crippen LogP contribution is -2.02. The Morgan fingerprint density at radius 1 is 1.60 bits per heavy atom. The first kappa shape index (κ1) is 11.8. The summed E-state index contributed by atoms with van der Waals surface area (Å²) in [5.74, 6) is -0.248. The van der Waals surface area contributed by atoms with Crippen LogP contribution in [0, 0.1) is 0 Å². The van der Waals surface area contributed by atoms with Gasteiger partial charge in [-0.1, -0.05) is 12.6 Å². The van der Waals surface area contributed by atoms with E-state index in [9.17, 15) is 4.79 Å². The number of carbonyl (C=O) groups is 1. The molecule has 0 saturated heterocycles. The zero-order chi connectivity index (χ0) is 11.4. The van der Waals surface area contributed by atoms with Gasteiger partial charge in [0.25, 0.3) is 0 Å². The summed E-state index contributed by atoms with van der Waals surface area (Å²) in [4.78, 5) is 10.6. The molecule has 80 valence electrons. The molecule has 1 N–H and O–H groups in total. The molecule has 0 heterocycles. The Labute approximate surface area is 96.5 Å². The summed E-state index contributed by atoms with van der Waals surface area (Å²) < 4.78 is 5.87. The number of methoxy groups -OCH3 is 1. The molecule has 0 bridgehead atoms. The third-order valence-corrected chi connectivity index (χ3v) is 2.56. The van der Waals surface area contributed by atoms with Gasteiger partial charge in [-0.3, -0.25) is 0 Å². The Morgan fingerprint density at radius 2 is 2.27 bits per heavy atom. The summed E-state index contributed by atoms with van der Waals surface area (Å²) in [6.45, 7) is 3.48. The fraction of sp³-hybridized carbons (Fsp3) is 0.182. The van der Waals surface area contributed by atoms with Gasteiger partial charge in [-0.15, -0.1) is 0 Å². The molecule has 0 amide bonds. The molecule has 4 heteroatoms. The lowest BCUT2D eigenvalue weighted by molar-refractivity contribution is -0.132.